The molecule has 2 aliphatic rings. The highest BCUT2D eigenvalue weighted by molar-refractivity contribution is 5.81. The normalized spacial score (nSPS) is 28.3. The second-order valence-electron chi connectivity index (χ2n) is 4.45. The van der Waals surface area contributed by atoms with Crippen molar-refractivity contribution in [2.75, 3.05) is 26.3 Å². The van der Waals surface area contributed by atoms with Crippen molar-refractivity contribution in [1.82, 2.24) is 4.90 Å². The molecule has 1 atom stereocenters. The molecule has 1 amide bonds. The van der Waals surface area contributed by atoms with Gasteiger partial charge in [0.1, 0.15) is 6.10 Å². The van der Waals surface area contributed by atoms with Crippen LogP contribution < -0.4 is 0 Å². The molecule has 1 N–H and O–H groups in total. The van der Waals surface area contributed by atoms with E-state index in [0.29, 0.717) is 5.92 Å². The third-order valence-corrected chi connectivity index (χ3v) is 3.39. The van der Waals surface area contributed by atoms with Crippen LogP contribution in [0.4, 0.5) is 0 Å². The van der Waals surface area contributed by atoms with Crippen LogP contribution in [0.2, 0.25) is 0 Å². The maximum Gasteiger partial charge on any atom is 0.251 e. The first-order valence-corrected chi connectivity index (χ1v) is 5.82. The molecule has 0 aromatic heterocycles. The fourth-order valence-electron chi connectivity index (χ4n) is 2.31. The monoisotopic (exact) mass is 213 g/mol. The summed E-state index contributed by atoms with van der Waals surface area (Å²) in [5.41, 5.74) is 0. The maximum absolute atomic E-state index is 11.9. The molecule has 2 saturated heterocycles. The van der Waals surface area contributed by atoms with Crippen LogP contribution in [-0.4, -0.2) is 48.3 Å². The van der Waals surface area contributed by atoms with Crippen LogP contribution >= 0.6 is 0 Å². The smallest absolute Gasteiger partial charge is 0.251 e. The van der Waals surface area contributed by atoms with Crippen molar-refractivity contribution in [3.63, 3.8) is 0 Å². The highest BCUT2D eigenvalue weighted by Gasteiger charge is 2.30. The fourth-order valence-corrected chi connectivity index (χ4v) is 2.31. The van der Waals surface area contributed by atoms with Crippen molar-refractivity contribution in [2.45, 2.75) is 31.8 Å². The van der Waals surface area contributed by atoms with Gasteiger partial charge in [-0.15, -0.1) is 0 Å². The van der Waals surface area contributed by atoms with E-state index in [4.69, 9.17) is 9.84 Å². The molecule has 2 rings (SSSR count). The molecule has 0 unspecified atom stereocenters. The summed E-state index contributed by atoms with van der Waals surface area (Å²) in [6, 6.07) is 0. The zero-order valence-electron chi connectivity index (χ0n) is 9.02. The van der Waals surface area contributed by atoms with Crippen molar-refractivity contribution < 1.29 is 14.6 Å². The van der Waals surface area contributed by atoms with Gasteiger partial charge >= 0.3 is 0 Å². The van der Waals surface area contributed by atoms with Crippen LogP contribution in [0.5, 0.6) is 0 Å². The summed E-state index contributed by atoms with van der Waals surface area (Å²) >= 11 is 0. The van der Waals surface area contributed by atoms with Gasteiger partial charge in [0, 0.05) is 26.3 Å². The molecule has 0 aromatic rings. The van der Waals surface area contributed by atoms with Gasteiger partial charge in [0.25, 0.3) is 5.91 Å². The summed E-state index contributed by atoms with van der Waals surface area (Å²) in [5, 5.41) is 9.00. The highest BCUT2D eigenvalue weighted by atomic mass is 16.5. The third-order valence-electron chi connectivity index (χ3n) is 3.39. The Morgan fingerprint density at radius 1 is 1.33 bits per heavy atom. The van der Waals surface area contributed by atoms with E-state index in [9.17, 15) is 4.79 Å². The maximum atomic E-state index is 11.9. The molecule has 2 fully saturated rings. The van der Waals surface area contributed by atoms with E-state index in [1.54, 1.807) is 0 Å². The van der Waals surface area contributed by atoms with E-state index < -0.39 is 0 Å². The van der Waals surface area contributed by atoms with Crippen molar-refractivity contribution >= 4 is 5.91 Å². The van der Waals surface area contributed by atoms with E-state index in [1.165, 1.54) is 0 Å². The number of hydrogen-bond acceptors (Lipinski definition) is 3. The molecule has 15 heavy (non-hydrogen) atoms. The number of piperidine rings is 1. The first-order chi connectivity index (χ1) is 7.31. The van der Waals surface area contributed by atoms with Gasteiger partial charge in [0.2, 0.25) is 0 Å². The quantitative estimate of drug-likeness (QED) is 0.722. The van der Waals surface area contributed by atoms with Crippen LogP contribution in [-0.2, 0) is 9.53 Å². The first kappa shape index (κ1) is 10.9. The SMILES string of the molecule is O=C([C@@H]1CCCO1)N1CCC(CO)CC1. The molecule has 2 heterocycles. The summed E-state index contributed by atoms with van der Waals surface area (Å²) < 4.78 is 5.38. The van der Waals surface area contributed by atoms with Gasteiger partial charge < -0.3 is 14.7 Å². The Bertz CT molecular complexity index is 218. The lowest BCUT2D eigenvalue weighted by Gasteiger charge is -2.32. The number of amides is 1. The molecule has 2 aliphatic heterocycles. The van der Waals surface area contributed by atoms with Gasteiger partial charge in [-0.2, -0.15) is 0 Å². The topological polar surface area (TPSA) is 49.8 Å². The summed E-state index contributed by atoms with van der Waals surface area (Å²) in [6.07, 6.45) is 3.54. The van der Waals surface area contributed by atoms with Crippen LogP contribution in [0, 0.1) is 5.92 Å². The summed E-state index contributed by atoms with van der Waals surface area (Å²) in [5.74, 6) is 0.544. The predicted octanol–water partition coefficient (Wildman–Crippen LogP) is 0.396. The Morgan fingerprint density at radius 2 is 2.07 bits per heavy atom. The lowest BCUT2D eigenvalue weighted by Crippen LogP contribution is -2.44. The number of nitrogens with zero attached hydrogens (tertiary/aromatic N) is 1. The first-order valence-electron chi connectivity index (χ1n) is 5.82. The largest absolute Gasteiger partial charge is 0.396 e. The summed E-state index contributed by atoms with van der Waals surface area (Å²) in [6.45, 7) is 2.54. The molecule has 86 valence electrons. The minimum Gasteiger partial charge on any atom is -0.396 e. The van der Waals surface area contributed by atoms with E-state index in [2.05, 4.69) is 0 Å². The van der Waals surface area contributed by atoms with Crippen molar-refractivity contribution in [2.24, 2.45) is 5.92 Å². The number of likely N-dealkylation sites (tertiary alicyclic amines) is 1. The minimum atomic E-state index is -0.185. The molecule has 0 aliphatic carbocycles. The predicted molar refractivity (Wildman–Crippen MR) is 55.4 cm³/mol. The lowest BCUT2D eigenvalue weighted by molar-refractivity contribution is -0.142. The molecule has 0 bridgehead atoms. The minimum absolute atomic E-state index is 0.156. The number of carbonyl (C=O) groups is 1. The van der Waals surface area contributed by atoms with Gasteiger partial charge in [0.15, 0.2) is 0 Å². The number of carbonyl (C=O) groups excluding carboxylic acids is 1. The Kier molecular flexibility index (Phi) is 3.59. The standard InChI is InChI=1S/C11H19NO3/c13-8-9-3-5-12(6-4-9)11(14)10-2-1-7-15-10/h9-10,13H,1-8H2/t10-/m0/s1. The lowest BCUT2D eigenvalue weighted by atomic mass is 9.97. The molecular weight excluding hydrogens is 194 g/mol. The van der Waals surface area contributed by atoms with Crippen molar-refractivity contribution in [1.29, 1.82) is 0 Å². The second-order valence-corrected chi connectivity index (χ2v) is 4.45. The van der Waals surface area contributed by atoms with Gasteiger partial charge in [0.05, 0.1) is 0 Å². The van der Waals surface area contributed by atoms with Gasteiger partial charge in [-0.05, 0) is 31.6 Å². The zero-order valence-corrected chi connectivity index (χ0v) is 9.02. The number of rotatable bonds is 2. The number of aliphatic hydroxyl groups is 1. The van der Waals surface area contributed by atoms with Crippen molar-refractivity contribution in [3.05, 3.63) is 0 Å². The summed E-state index contributed by atoms with van der Waals surface area (Å²) in [4.78, 5) is 13.8. The van der Waals surface area contributed by atoms with Crippen LogP contribution in [0.25, 0.3) is 0 Å². The van der Waals surface area contributed by atoms with E-state index in [1.807, 2.05) is 4.90 Å². The Hall–Kier alpha value is -0.610. The third kappa shape index (κ3) is 2.49. The molecule has 0 spiro atoms. The fraction of sp³-hybridized carbons (Fsp3) is 0.909. The number of ether oxygens (including phenoxy) is 1. The Labute approximate surface area is 90.2 Å². The Balaban J connectivity index is 1.81. The van der Waals surface area contributed by atoms with Gasteiger partial charge in [-0.25, -0.2) is 0 Å². The Morgan fingerprint density at radius 3 is 2.60 bits per heavy atom. The zero-order chi connectivity index (χ0) is 10.7. The van der Waals surface area contributed by atoms with E-state index >= 15 is 0 Å². The van der Waals surface area contributed by atoms with Gasteiger partial charge in [-0.1, -0.05) is 0 Å². The molecule has 0 saturated carbocycles. The van der Waals surface area contributed by atoms with Crippen LogP contribution in [0.15, 0.2) is 0 Å². The van der Waals surface area contributed by atoms with E-state index in [-0.39, 0.29) is 18.6 Å². The summed E-state index contributed by atoms with van der Waals surface area (Å²) in [7, 11) is 0. The molecular formula is C11H19NO3. The molecule has 4 nitrogen and oxygen atoms in total. The van der Waals surface area contributed by atoms with Crippen LogP contribution in [0.1, 0.15) is 25.7 Å². The molecule has 0 radical (unpaired) electrons. The number of hydrogen-bond donors (Lipinski definition) is 1. The van der Waals surface area contributed by atoms with Crippen molar-refractivity contribution in [3.8, 4) is 0 Å². The van der Waals surface area contributed by atoms with Crippen LogP contribution in [0.3, 0.4) is 0 Å². The second kappa shape index (κ2) is 4.94. The van der Waals surface area contributed by atoms with Gasteiger partial charge in [-0.3, -0.25) is 4.79 Å². The molecule has 0 aromatic carbocycles. The average Bonchev–Trinajstić information content (AvgIpc) is 2.82. The van der Waals surface area contributed by atoms with E-state index in [0.717, 1.165) is 45.4 Å². The highest BCUT2D eigenvalue weighted by Crippen LogP contribution is 2.20. The molecule has 4 heteroatoms. The number of aliphatic hydroxyl groups excluding tert-OH is 1. The average molecular weight is 213 g/mol.